The second kappa shape index (κ2) is 9.86. The van der Waals surface area contributed by atoms with Crippen LogP contribution in [0.4, 0.5) is 0 Å². The Bertz CT molecular complexity index is 779. The molecule has 28 heavy (non-hydrogen) atoms. The van der Waals surface area contributed by atoms with Crippen LogP contribution in [0.25, 0.3) is 0 Å². The average molecular weight is 385 g/mol. The van der Waals surface area contributed by atoms with Crippen LogP contribution in [0.5, 0.6) is 0 Å². The number of carbonyl (C=O) groups excluding carboxylic acids is 3. The fraction of sp³-hybridized carbons (Fsp3) is 0.200. The van der Waals surface area contributed by atoms with Crippen LogP contribution in [0.1, 0.15) is 54.3 Å². The van der Waals surface area contributed by atoms with Crippen molar-refractivity contribution < 1.29 is 38.9 Å². The Balaban J connectivity index is 1.65. The van der Waals surface area contributed by atoms with Crippen molar-refractivity contribution in [2.45, 2.75) is 12.8 Å². The van der Waals surface area contributed by atoms with Crippen LogP contribution in [-0.2, 0) is 9.47 Å². The zero-order valence-electron chi connectivity index (χ0n) is 14.8. The first-order valence-corrected chi connectivity index (χ1v) is 8.37. The molecule has 146 valence electrons. The zero-order valence-corrected chi connectivity index (χ0v) is 14.8. The smallest absolute Gasteiger partial charge is 0.338 e. The number of carboxylic acid groups (broad SMARTS) is 2. The maximum atomic E-state index is 11.8. The molecule has 0 bridgehead atoms. The van der Waals surface area contributed by atoms with Gasteiger partial charge in [0.25, 0.3) is 0 Å². The first-order chi connectivity index (χ1) is 13.4. The maximum absolute atomic E-state index is 11.8. The lowest BCUT2D eigenvalue weighted by Gasteiger charge is -2.07. The molecule has 0 aliphatic carbocycles. The third-order valence-electron chi connectivity index (χ3n) is 3.73. The highest BCUT2D eigenvalue weighted by Crippen LogP contribution is 2.08. The van der Waals surface area contributed by atoms with Gasteiger partial charge in [0, 0.05) is 0 Å². The van der Waals surface area contributed by atoms with Crippen LogP contribution >= 0.6 is 0 Å². The van der Waals surface area contributed by atoms with Crippen molar-refractivity contribution in [2.24, 2.45) is 0 Å². The molecule has 0 radical (unpaired) electrons. The van der Waals surface area contributed by atoms with E-state index in [1.54, 1.807) is 0 Å². The van der Waals surface area contributed by atoms with Crippen LogP contribution < -0.4 is 5.11 Å². The molecular weight excluding hydrogens is 368 g/mol. The van der Waals surface area contributed by atoms with Gasteiger partial charge in [-0.3, -0.25) is 0 Å². The Morgan fingerprint density at radius 1 is 0.679 bits per heavy atom. The summed E-state index contributed by atoms with van der Waals surface area (Å²) in [5, 5.41) is 19.5. The molecular formula is C20H17O8-. The Morgan fingerprint density at radius 2 is 1.04 bits per heavy atom. The molecule has 2 aromatic rings. The number of ether oxygens (including phenoxy) is 2. The highest BCUT2D eigenvalue weighted by Gasteiger charge is 2.10. The predicted octanol–water partition coefficient (Wildman–Crippen LogP) is 1.54. The monoisotopic (exact) mass is 385 g/mol. The minimum Gasteiger partial charge on any atom is -0.545 e. The molecule has 0 atom stereocenters. The summed E-state index contributed by atoms with van der Waals surface area (Å²) in [6.45, 7) is 0.239. The second-order valence-electron chi connectivity index (χ2n) is 5.73. The number of unbranched alkanes of at least 4 members (excludes halogenated alkanes) is 1. The van der Waals surface area contributed by atoms with Gasteiger partial charge in [0.1, 0.15) is 0 Å². The summed E-state index contributed by atoms with van der Waals surface area (Å²) in [4.78, 5) is 45.0. The Hall–Kier alpha value is -3.68. The van der Waals surface area contributed by atoms with E-state index in [4.69, 9.17) is 14.6 Å². The number of rotatable bonds is 9. The van der Waals surface area contributed by atoms with Crippen LogP contribution in [0, 0.1) is 0 Å². The SMILES string of the molecule is O=C([O-])c1ccc(C(=O)OCCCCOC(=O)c2ccc(C(=O)O)cc2)cc1. The van der Waals surface area contributed by atoms with E-state index >= 15 is 0 Å². The van der Waals surface area contributed by atoms with Crippen molar-refractivity contribution in [2.75, 3.05) is 13.2 Å². The second-order valence-corrected chi connectivity index (χ2v) is 5.73. The van der Waals surface area contributed by atoms with Gasteiger partial charge in [0.15, 0.2) is 0 Å². The molecule has 0 spiro atoms. The number of hydrogen-bond acceptors (Lipinski definition) is 7. The van der Waals surface area contributed by atoms with E-state index in [0.29, 0.717) is 12.8 Å². The van der Waals surface area contributed by atoms with Crippen molar-refractivity contribution in [3.05, 3.63) is 70.8 Å². The molecule has 8 heteroatoms. The van der Waals surface area contributed by atoms with E-state index in [1.807, 2.05) is 0 Å². The number of benzene rings is 2. The number of carboxylic acids is 2. The normalized spacial score (nSPS) is 10.1. The minimum atomic E-state index is -1.33. The maximum Gasteiger partial charge on any atom is 0.338 e. The topological polar surface area (TPSA) is 130 Å². The van der Waals surface area contributed by atoms with Gasteiger partial charge >= 0.3 is 17.9 Å². The Kier molecular flexibility index (Phi) is 7.27. The summed E-state index contributed by atoms with van der Waals surface area (Å²) >= 11 is 0. The van der Waals surface area contributed by atoms with Crippen molar-refractivity contribution in [3.63, 3.8) is 0 Å². The summed E-state index contributed by atoms with van der Waals surface area (Å²) in [6, 6.07) is 10.6. The molecule has 0 aliphatic heterocycles. The Labute approximate surface area is 160 Å². The van der Waals surface area contributed by atoms with Gasteiger partial charge in [-0.25, -0.2) is 14.4 Å². The van der Waals surface area contributed by atoms with Crippen molar-refractivity contribution in [1.29, 1.82) is 0 Å². The third-order valence-corrected chi connectivity index (χ3v) is 3.73. The molecule has 0 saturated heterocycles. The van der Waals surface area contributed by atoms with Crippen LogP contribution in [-0.4, -0.2) is 42.2 Å². The van der Waals surface area contributed by atoms with Crippen molar-refractivity contribution >= 4 is 23.9 Å². The number of carbonyl (C=O) groups is 4. The van der Waals surface area contributed by atoms with E-state index in [9.17, 15) is 24.3 Å². The van der Waals surface area contributed by atoms with Gasteiger partial charge in [-0.2, -0.15) is 0 Å². The summed E-state index contributed by atoms with van der Waals surface area (Å²) in [5.41, 5.74) is 0.515. The molecule has 0 fully saturated rings. The fourth-order valence-electron chi connectivity index (χ4n) is 2.19. The van der Waals surface area contributed by atoms with Crippen molar-refractivity contribution in [3.8, 4) is 0 Å². The number of aromatic carboxylic acids is 2. The molecule has 0 saturated carbocycles. The molecule has 2 aromatic carbocycles. The van der Waals surface area contributed by atoms with E-state index in [0.717, 1.165) is 0 Å². The van der Waals surface area contributed by atoms with Gasteiger partial charge in [-0.1, -0.05) is 12.1 Å². The highest BCUT2D eigenvalue weighted by molar-refractivity contribution is 5.93. The average Bonchev–Trinajstić information content (AvgIpc) is 2.70. The lowest BCUT2D eigenvalue weighted by Crippen LogP contribution is -2.22. The van der Waals surface area contributed by atoms with E-state index < -0.39 is 23.9 Å². The van der Waals surface area contributed by atoms with Gasteiger partial charge in [-0.15, -0.1) is 0 Å². The fourth-order valence-corrected chi connectivity index (χ4v) is 2.19. The Morgan fingerprint density at radius 3 is 1.39 bits per heavy atom. The molecule has 0 amide bonds. The standard InChI is InChI=1S/C20H18O8/c21-17(22)13-3-7-15(8-4-13)19(25)27-11-1-2-12-28-20(26)16-9-5-14(6-10-16)18(23)24/h3-10H,1-2,11-12H2,(H,21,22)(H,23,24)/p-1. The van der Waals surface area contributed by atoms with Crippen LogP contribution in [0.2, 0.25) is 0 Å². The quantitative estimate of drug-likeness (QED) is 0.508. The van der Waals surface area contributed by atoms with Gasteiger partial charge in [0.05, 0.1) is 35.9 Å². The number of hydrogen-bond donors (Lipinski definition) is 1. The number of esters is 2. The predicted molar refractivity (Wildman–Crippen MR) is 94.0 cm³/mol. The summed E-state index contributed by atoms with van der Waals surface area (Å²) in [6.07, 6.45) is 0.934. The zero-order chi connectivity index (χ0) is 20.5. The molecule has 2 rings (SSSR count). The van der Waals surface area contributed by atoms with Crippen LogP contribution in [0.3, 0.4) is 0 Å². The van der Waals surface area contributed by atoms with E-state index in [2.05, 4.69) is 0 Å². The van der Waals surface area contributed by atoms with Gasteiger partial charge in [0.2, 0.25) is 0 Å². The summed E-state index contributed by atoms with van der Waals surface area (Å²) in [7, 11) is 0. The van der Waals surface area contributed by atoms with E-state index in [-0.39, 0.29) is 35.5 Å². The van der Waals surface area contributed by atoms with Crippen LogP contribution in [0.15, 0.2) is 48.5 Å². The first-order valence-electron chi connectivity index (χ1n) is 8.37. The van der Waals surface area contributed by atoms with Gasteiger partial charge in [-0.05, 0) is 54.8 Å². The molecule has 0 unspecified atom stereocenters. The molecule has 0 heterocycles. The summed E-state index contributed by atoms with van der Waals surface area (Å²) < 4.78 is 10.1. The third kappa shape index (κ3) is 5.94. The highest BCUT2D eigenvalue weighted by atomic mass is 16.5. The molecule has 1 N–H and O–H groups in total. The lowest BCUT2D eigenvalue weighted by molar-refractivity contribution is -0.255. The van der Waals surface area contributed by atoms with Gasteiger partial charge < -0.3 is 24.5 Å². The molecule has 0 aromatic heterocycles. The molecule has 0 aliphatic rings. The van der Waals surface area contributed by atoms with E-state index in [1.165, 1.54) is 48.5 Å². The first kappa shape index (κ1) is 20.6. The lowest BCUT2D eigenvalue weighted by atomic mass is 10.1. The molecule has 8 nitrogen and oxygen atoms in total. The van der Waals surface area contributed by atoms with Crippen molar-refractivity contribution in [1.82, 2.24) is 0 Å². The largest absolute Gasteiger partial charge is 0.545 e. The minimum absolute atomic E-state index is 0.0315. The summed E-state index contributed by atoms with van der Waals surface area (Å²) in [5.74, 6) is -3.56.